The molecule has 0 bridgehead atoms. The first-order valence-electron chi connectivity index (χ1n) is 5.83. The van der Waals surface area contributed by atoms with Crippen molar-refractivity contribution in [3.63, 3.8) is 0 Å². The second-order valence-electron chi connectivity index (χ2n) is 5.97. The molecule has 0 saturated heterocycles. The third-order valence-corrected chi connectivity index (χ3v) is 1.80. The minimum Gasteiger partial charge on any atom is -0.373 e. The molecule has 0 aliphatic heterocycles. The van der Waals surface area contributed by atoms with E-state index in [4.69, 9.17) is 14.7 Å². The van der Waals surface area contributed by atoms with Crippen LogP contribution >= 0.6 is 0 Å². The van der Waals surface area contributed by atoms with Gasteiger partial charge in [0.2, 0.25) is 0 Å². The molecule has 1 atom stereocenters. The molecule has 16 heavy (non-hydrogen) atoms. The van der Waals surface area contributed by atoms with Gasteiger partial charge < -0.3 is 9.47 Å². The number of hydrogen-bond donors (Lipinski definition) is 0. The van der Waals surface area contributed by atoms with Crippen LogP contribution in [0.25, 0.3) is 0 Å². The number of hydrogen-bond acceptors (Lipinski definition) is 3. The fourth-order valence-corrected chi connectivity index (χ4v) is 1.24. The Morgan fingerprint density at radius 2 is 1.62 bits per heavy atom. The Labute approximate surface area is 99.7 Å². The molecule has 1 unspecified atom stereocenters. The van der Waals surface area contributed by atoms with Crippen molar-refractivity contribution in [3.8, 4) is 6.07 Å². The van der Waals surface area contributed by atoms with Crippen molar-refractivity contribution < 1.29 is 9.47 Å². The molecule has 94 valence electrons. The Kier molecular flexibility index (Phi) is 5.99. The van der Waals surface area contributed by atoms with Gasteiger partial charge in [-0.1, -0.05) is 0 Å². The van der Waals surface area contributed by atoms with Crippen LogP contribution in [-0.4, -0.2) is 23.9 Å². The Morgan fingerprint density at radius 3 is 2.00 bits per heavy atom. The van der Waals surface area contributed by atoms with Crippen LogP contribution in [0.5, 0.6) is 0 Å². The zero-order valence-electron chi connectivity index (χ0n) is 11.5. The lowest BCUT2D eigenvalue weighted by Crippen LogP contribution is -2.33. The summed E-state index contributed by atoms with van der Waals surface area (Å²) in [5.41, 5.74) is -0.354. The Hall–Kier alpha value is -0.590. The summed E-state index contributed by atoms with van der Waals surface area (Å²) in [4.78, 5) is 0. The van der Waals surface area contributed by atoms with Gasteiger partial charge in [0.1, 0.15) is 0 Å². The van der Waals surface area contributed by atoms with Gasteiger partial charge in [-0.2, -0.15) is 5.26 Å². The van der Waals surface area contributed by atoms with E-state index in [0.29, 0.717) is 13.0 Å². The van der Waals surface area contributed by atoms with Gasteiger partial charge in [0.25, 0.3) is 0 Å². The SMILES string of the molecule is CC(C)(C)OCC(CCC#N)OC(C)(C)C. The lowest BCUT2D eigenvalue weighted by molar-refractivity contribution is -0.121. The minimum atomic E-state index is -0.193. The number of ether oxygens (including phenoxy) is 2. The quantitative estimate of drug-likeness (QED) is 0.723. The lowest BCUT2D eigenvalue weighted by atomic mass is 10.1. The van der Waals surface area contributed by atoms with Gasteiger partial charge in [0, 0.05) is 6.42 Å². The summed E-state index contributed by atoms with van der Waals surface area (Å²) in [5, 5.41) is 8.60. The third-order valence-electron chi connectivity index (χ3n) is 1.80. The Balaban J connectivity index is 4.17. The summed E-state index contributed by atoms with van der Waals surface area (Å²) in [6.45, 7) is 12.7. The largest absolute Gasteiger partial charge is 0.373 e. The van der Waals surface area contributed by atoms with Crippen LogP contribution < -0.4 is 0 Å². The number of rotatable bonds is 5. The highest BCUT2D eigenvalue weighted by Crippen LogP contribution is 2.17. The second-order valence-corrected chi connectivity index (χ2v) is 5.97. The highest BCUT2D eigenvalue weighted by atomic mass is 16.6. The highest BCUT2D eigenvalue weighted by molar-refractivity contribution is 4.75. The van der Waals surface area contributed by atoms with Crippen LogP contribution in [0, 0.1) is 11.3 Å². The lowest BCUT2D eigenvalue weighted by Gasteiger charge is -2.29. The number of nitriles is 1. The van der Waals surface area contributed by atoms with E-state index < -0.39 is 0 Å². The Bertz CT molecular complexity index is 230. The molecule has 0 spiro atoms. The monoisotopic (exact) mass is 227 g/mol. The summed E-state index contributed by atoms with van der Waals surface area (Å²) in [6.07, 6.45) is 1.23. The van der Waals surface area contributed by atoms with Crippen LogP contribution in [0.3, 0.4) is 0 Å². The first kappa shape index (κ1) is 15.4. The third kappa shape index (κ3) is 9.95. The van der Waals surface area contributed by atoms with Gasteiger partial charge in [0.15, 0.2) is 0 Å². The molecule has 0 aliphatic rings. The van der Waals surface area contributed by atoms with E-state index in [2.05, 4.69) is 6.07 Å². The van der Waals surface area contributed by atoms with Crippen LogP contribution in [0.2, 0.25) is 0 Å². The molecule has 0 rings (SSSR count). The standard InChI is InChI=1S/C13H25NO2/c1-12(2,3)15-10-11(8-7-9-14)16-13(4,5)6/h11H,7-8,10H2,1-6H3. The van der Waals surface area contributed by atoms with Crippen LogP contribution in [-0.2, 0) is 9.47 Å². The van der Waals surface area contributed by atoms with Crippen molar-refractivity contribution >= 4 is 0 Å². The maximum absolute atomic E-state index is 8.60. The molecule has 0 amide bonds. The highest BCUT2D eigenvalue weighted by Gasteiger charge is 2.21. The summed E-state index contributed by atoms with van der Waals surface area (Å²) < 4.78 is 11.6. The van der Waals surface area contributed by atoms with Crippen LogP contribution in [0.15, 0.2) is 0 Å². The van der Waals surface area contributed by atoms with E-state index in [0.717, 1.165) is 6.42 Å². The minimum absolute atomic E-state index is 0.00104. The van der Waals surface area contributed by atoms with Gasteiger partial charge in [-0.3, -0.25) is 0 Å². The summed E-state index contributed by atoms with van der Waals surface area (Å²) in [7, 11) is 0. The molecule has 0 heterocycles. The van der Waals surface area contributed by atoms with Crippen molar-refractivity contribution in [2.24, 2.45) is 0 Å². The molecule has 0 N–H and O–H groups in total. The fourth-order valence-electron chi connectivity index (χ4n) is 1.24. The molecule has 3 heteroatoms. The van der Waals surface area contributed by atoms with Crippen molar-refractivity contribution in [3.05, 3.63) is 0 Å². The van der Waals surface area contributed by atoms with Crippen molar-refractivity contribution in [2.45, 2.75) is 71.7 Å². The summed E-state index contributed by atoms with van der Waals surface area (Å²) >= 11 is 0. The van der Waals surface area contributed by atoms with Gasteiger partial charge in [-0.25, -0.2) is 0 Å². The van der Waals surface area contributed by atoms with E-state index in [1.807, 2.05) is 41.5 Å². The van der Waals surface area contributed by atoms with Gasteiger partial charge in [0.05, 0.1) is 30.0 Å². The summed E-state index contributed by atoms with van der Waals surface area (Å²) in [6, 6.07) is 2.15. The zero-order chi connectivity index (χ0) is 12.8. The topological polar surface area (TPSA) is 42.2 Å². The number of nitrogens with zero attached hydrogens (tertiary/aromatic N) is 1. The smallest absolute Gasteiger partial charge is 0.0825 e. The molecule has 0 saturated carbocycles. The van der Waals surface area contributed by atoms with E-state index in [-0.39, 0.29) is 17.3 Å². The van der Waals surface area contributed by atoms with Crippen molar-refractivity contribution in [2.75, 3.05) is 6.61 Å². The average Bonchev–Trinajstić information content (AvgIpc) is 2.06. The van der Waals surface area contributed by atoms with E-state index >= 15 is 0 Å². The molecule has 0 aromatic rings. The van der Waals surface area contributed by atoms with Crippen LogP contribution in [0.4, 0.5) is 0 Å². The molecular formula is C13H25NO2. The maximum atomic E-state index is 8.60. The van der Waals surface area contributed by atoms with Gasteiger partial charge in [-0.15, -0.1) is 0 Å². The second kappa shape index (κ2) is 6.22. The molecular weight excluding hydrogens is 202 g/mol. The molecule has 0 aromatic heterocycles. The van der Waals surface area contributed by atoms with Gasteiger partial charge in [-0.05, 0) is 48.0 Å². The summed E-state index contributed by atoms with van der Waals surface area (Å²) in [5.74, 6) is 0. The van der Waals surface area contributed by atoms with Crippen molar-refractivity contribution in [1.82, 2.24) is 0 Å². The molecule has 0 radical (unpaired) electrons. The Morgan fingerprint density at radius 1 is 1.06 bits per heavy atom. The molecule has 0 fully saturated rings. The normalized spacial score (nSPS) is 14.6. The van der Waals surface area contributed by atoms with E-state index in [9.17, 15) is 0 Å². The molecule has 3 nitrogen and oxygen atoms in total. The first-order valence-corrected chi connectivity index (χ1v) is 5.83. The zero-order valence-corrected chi connectivity index (χ0v) is 11.5. The average molecular weight is 227 g/mol. The molecule has 0 aromatic carbocycles. The van der Waals surface area contributed by atoms with E-state index in [1.165, 1.54) is 0 Å². The first-order chi connectivity index (χ1) is 7.14. The van der Waals surface area contributed by atoms with Crippen LogP contribution in [0.1, 0.15) is 54.4 Å². The maximum Gasteiger partial charge on any atom is 0.0825 e. The predicted octanol–water partition coefficient (Wildman–Crippen LogP) is 3.29. The van der Waals surface area contributed by atoms with Gasteiger partial charge >= 0.3 is 0 Å². The molecule has 0 aliphatic carbocycles. The fraction of sp³-hybridized carbons (Fsp3) is 0.923. The van der Waals surface area contributed by atoms with Crippen molar-refractivity contribution in [1.29, 1.82) is 5.26 Å². The predicted molar refractivity (Wildman–Crippen MR) is 65.2 cm³/mol. The van der Waals surface area contributed by atoms with E-state index in [1.54, 1.807) is 0 Å².